The van der Waals surface area contributed by atoms with Gasteiger partial charge in [0.25, 0.3) is 0 Å². The second-order valence-electron chi connectivity index (χ2n) is 7.29. The van der Waals surface area contributed by atoms with Crippen molar-refractivity contribution in [3.05, 3.63) is 54.5 Å². The van der Waals surface area contributed by atoms with Crippen LogP contribution in [0.3, 0.4) is 0 Å². The smallest absolute Gasteiger partial charge is 0.120 e. The van der Waals surface area contributed by atoms with Gasteiger partial charge in [0.05, 0.1) is 34.3 Å². The molecule has 5 rings (SSSR count). The number of aryl methyl sites for hydroxylation is 1. The molecule has 0 saturated carbocycles. The number of nitrogens with zero attached hydrogens (tertiary/aromatic N) is 5. The van der Waals surface area contributed by atoms with Crippen LogP contribution in [0.5, 0.6) is 0 Å². The van der Waals surface area contributed by atoms with Crippen molar-refractivity contribution >= 4 is 16.7 Å². The third-order valence-electron chi connectivity index (χ3n) is 5.29. The number of pyridine rings is 3. The summed E-state index contributed by atoms with van der Waals surface area (Å²) >= 11 is 0. The van der Waals surface area contributed by atoms with Gasteiger partial charge in [-0.05, 0) is 56.5 Å². The lowest BCUT2D eigenvalue weighted by molar-refractivity contribution is 0.577. The Balaban J connectivity index is 1.56. The Morgan fingerprint density at radius 3 is 2.68 bits per heavy atom. The van der Waals surface area contributed by atoms with Gasteiger partial charge in [0.2, 0.25) is 0 Å². The minimum Gasteiger partial charge on any atom is -0.370 e. The predicted octanol–water partition coefficient (Wildman–Crippen LogP) is 4.38. The van der Waals surface area contributed by atoms with Crippen molar-refractivity contribution in [3.63, 3.8) is 0 Å². The lowest BCUT2D eigenvalue weighted by Gasteiger charge is -2.28. The number of anilines is 1. The quantitative estimate of drug-likeness (QED) is 0.579. The molecule has 0 radical (unpaired) electrons. The van der Waals surface area contributed by atoms with Crippen LogP contribution in [-0.4, -0.2) is 38.2 Å². The average molecular weight is 370 g/mol. The van der Waals surface area contributed by atoms with E-state index in [4.69, 9.17) is 4.98 Å². The largest absolute Gasteiger partial charge is 0.370 e. The molecular weight excluding hydrogens is 348 g/mol. The Bertz CT molecular complexity index is 1130. The van der Waals surface area contributed by atoms with Gasteiger partial charge in [-0.1, -0.05) is 6.07 Å². The molecule has 0 aromatic carbocycles. The van der Waals surface area contributed by atoms with Crippen LogP contribution in [0.1, 0.15) is 25.0 Å². The van der Waals surface area contributed by atoms with Gasteiger partial charge < -0.3 is 4.90 Å². The molecule has 0 atom stereocenters. The standard InChI is InChI=1S/C22H22N6/c1-15-6-5-7-20(25-15)22-17(14-24-27-22)18-8-9-19-21(26-18)12-16(13-23-19)28-10-3-2-4-11-28/h5-9,12-14H,2-4,10-11H2,1H3,(H,24,27). The number of H-pyrrole nitrogens is 1. The van der Waals surface area contributed by atoms with Crippen LogP contribution in [0.4, 0.5) is 5.69 Å². The number of aromatic nitrogens is 5. The zero-order valence-corrected chi connectivity index (χ0v) is 15.9. The highest BCUT2D eigenvalue weighted by Crippen LogP contribution is 2.30. The van der Waals surface area contributed by atoms with Gasteiger partial charge in [-0.15, -0.1) is 0 Å². The van der Waals surface area contributed by atoms with Crippen molar-refractivity contribution in [2.75, 3.05) is 18.0 Å². The van der Waals surface area contributed by atoms with Crippen LogP contribution in [0, 0.1) is 6.92 Å². The van der Waals surface area contributed by atoms with E-state index in [9.17, 15) is 0 Å². The SMILES string of the molecule is Cc1cccc(-c2n[nH]cc2-c2ccc3ncc(N4CCCCC4)cc3n2)n1. The Morgan fingerprint density at radius 1 is 0.929 bits per heavy atom. The van der Waals surface area contributed by atoms with E-state index >= 15 is 0 Å². The highest BCUT2D eigenvalue weighted by molar-refractivity contribution is 5.84. The molecule has 4 aromatic rings. The van der Waals surface area contributed by atoms with Crippen LogP contribution in [-0.2, 0) is 0 Å². The van der Waals surface area contributed by atoms with Crippen molar-refractivity contribution < 1.29 is 0 Å². The molecule has 0 spiro atoms. The van der Waals surface area contributed by atoms with Gasteiger partial charge in [-0.25, -0.2) is 4.98 Å². The molecule has 0 bridgehead atoms. The Morgan fingerprint density at radius 2 is 1.82 bits per heavy atom. The lowest BCUT2D eigenvalue weighted by Crippen LogP contribution is -2.29. The number of rotatable bonds is 3. The number of hydrogen-bond donors (Lipinski definition) is 1. The summed E-state index contributed by atoms with van der Waals surface area (Å²) in [5.41, 5.74) is 7.42. The molecule has 1 aliphatic rings. The Hall–Kier alpha value is -3.28. The van der Waals surface area contributed by atoms with Gasteiger partial charge in [0, 0.05) is 30.5 Å². The number of piperidine rings is 1. The maximum Gasteiger partial charge on any atom is 0.120 e. The third kappa shape index (κ3) is 3.11. The number of fused-ring (bicyclic) bond motifs is 1. The first-order chi connectivity index (χ1) is 13.8. The molecule has 6 heteroatoms. The summed E-state index contributed by atoms with van der Waals surface area (Å²) in [4.78, 5) is 16.6. The van der Waals surface area contributed by atoms with Crippen molar-refractivity contribution in [1.29, 1.82) is 0 Å². The Kier molecular flexibility index (Phi) is 4.24. The fourth-order valence-electron chi connectivity index (χ4n) is 3.83. The normalized spacial score (nSPS) is 14.5. The highest BCUT2D eigenvalue weighted by Gasteiger charge is 2.15. The number of aromatic amines is 1. The van der Waals surface area contributed by atoms with Crippen molar-refractivity contribution in [1.82, 2.24) is 25.1 Å². The summed E-state index contributed by atoms with van der Waals surface area (Å²) in [6, 6.07) is 12.1. The fraction of sp³-hybridized carbons (Fsp3) is 0.273. The van der Waals surface area contributed by atoms with E-state index in [1.807, 2.05) is 49.6 Å². The molecule has 0 unspecified atom stereocenters. The molecule has 4 aromatic heterocycles. The molecule has 5 heterocycles. The van der Waals surface area contributed by atoms with Crippen LogP contribution >= 0.6 is 0 Å². The maximum atomic E-state index is 4.90. The first-order valence-corrected chi connectivity index (χ1v) is 9.78. The fourth-order valence-corrected chi connectivity index (χ4v) is 3.83. The number of hydrogen-bond acceptors (Lipinski definition) is 5. The van der Waals surface area contributed by atoms with E-state index in [-0.39, 0.29) is 0 Å². The lowest BCUT2D eigenvalue weighted by atomic mass is 10.1. The predicted molar refractivity (Wildman–Crippen MR) is 111 cm³/mol. The minimum absolute atomic E-state index is 0.815. The highest BCUT2D eigenvalue weighted by atomic mass is 15.1. The second kappa shape index (κ2) is 7.03. The van der Waals surface area contributed by atoms with Crippen molar-refractivity contribution in [3.8, 4) is 22.6 Å². The molecule has 1 aliphatic heterocycles. The average Bonchev–Trinajstić information content (AvgIpc) is 3.23. The first-order valence-electron chi connectivity index (χ1n) is 9.78. The van der Waals surface area contributed by atoms with Gasteiger partial charge in [-0.2, -0.15) is 5.10 Å². The molecule has 28 heavy (non-hydrogen) atoms. The molecule has 1 fully saturated rings. The van der Waals surface area contributed by atoms with E-state index in [2.05, 4.69) is 31.1 Å². The van der Waals surface area contributed by atoms with Crippen molar-refractivity contribution in [2.24, 2.45) is 0 Å². The minimum atomic E-state index is 0.815. The molecule has 6 nitrogen and oxygen atoms in total. The van der Waals surface area contributed by atoms with Crippen LogP contribution < -0.4 is 4.90 Å². The first kappa shape index (κ1) is 16.9. The summed E-state index contributed by atoms with van der Waals surface area (Å²) in [5.74, 6) is 0. The van der Waals surface area contributed by atoms with E-state index in [1.54, 1.807) is 0 Å². The van der Waals surface area contributed by atoms with Crippen LogP contribution in [0.25, 0.3) is 33.7 Å². The topological polar surface area (TPSA) is 70.6 Å². The van der Waals surface area contributed by atoms with Crippen LogP contribution in [0.2, 0.25) is 0 Å². The molecule has 0 amide bonds. The monoisotopic (exact) mass is 370 g/mol. The summed E-state index contributed by atoms with van der Waals surface area (Å²) in [5, 5.41) is 7.40. The van der Waals surface area contributed by atoms with Gasteiger partial charge >= 0.3 is 0 Å². The molecule has 1 saturated heterocycles. The molecule has 0 aliphatic carbocycles. The Labute approximate surface area is 163 Å². The summed E-state index contributed by atoms with van der Waals surface area (Å²) in [6.07, 6.45) is 7.65. The van der Waals surface area contributed by atoms with Gasteiger partial charge in [0.15, 0.2) is 0 Å². The molecule has 1 N–H and O–H groups in total. The van der Waals surface area contributed by atoms with E-state index < -0.39 is 0 Å². The third-order valence-corrected chi connectivity index (χ3v) is 5.29. The number of nitrogens with one attached hydrogen (secondary N) is 1. The van der Waals surface area contributed by atoms with E-state index in [0.717, 1.165) is 58.1 Å². The summed E-state index contributed by atoms with van der Waals surface area (Å²) in [6.45, 7) is 4.17. The molecular formula is C22H22N6. The second-order valence-corrected chi connectivity index (χ2v) is 7.29. The zero-order valence-electron chi connectivity index (χ0n) is 15.9. The zero-order chi connectivity index (χ0) is 18.9. The van der Waals surface area contributed by atoms with Gasteiger partial charge in [0.1, 0.15) is 5.69 Å². The van der Waals surface area contributed by atoms with E-state index in [1.165, 1.54) is 19.3 Å². The van der Waals surface area contributed by atoms with E-state index in [0.29, 0.717) is 0 Å². The van der Waals surface area contributed by atoms with Crippen molar-refractivity contribution in [2.45, 2.75) is 26.2 Å². The molecule has 140 valence electrons. The van der Waals surface area contributed by atoms with Gasteiger partial charge in [-0.3, -0.25) is 15.1 Å². The maximum absolute atomic E-state index is 4.90. The van der Waals surface area contributed by atoms with Crippen LogP contribution in [0.15, 0.2) is 48.8 Å². The summed E-state index contributed by atoms with van der Waals surface area (Å²) < 4.78 is 0. The summed E-state index contributed by atoms with van der Waals surface area (Å²) in [7, 11) is 0.